The number of nitrogens with zero attached hydrogens (tertiary/aromatic N) is 2. The molecule has 0 bridgehead atoms. The van der Waals surface area contributed by atoms with Gasteiger partial charge in [0.05, 0.1) is 31.3 Å². The van der Waals surface area contributed by atoms with Crippen molar-refractivity contribution in [3.05, 3.63) is 35.9 Å². The molecular formula is C29H50N4O8. The van der Waals surface area contributed by atoms with Crippen LogP contribution in [0, 0.1) is 0 Å². The third kappa shape index (κ3) is 13.4. The average molecular weight is 583 g/mol. The van der Waals surface area contributed by atoms with E-state index in [1.807, 2.05) is 51.1 Å². The van der Waals surface area contributed by atoms with E-state index in [1.54, 1.807) is 20.8 Å². The highest BCUT2D eigenvalue weighted by Crippen LogP contribution is 2.17. The lowest BCUT2D eigenvalue weighted by atomic mass is 10.0. The van der Waals surface area contributed by atoms with E-state index in [0.29, 0.717) is 25.9 Å². The molecule has 3 rings (SSSR count). The Morgan fingerprint density at radius 3 is 1.83 bits per heavy atom. The average Bonchev–Trinajstić information content (AvgIpc) is 2.84. The minimum atomic E-state index is -0.870. The highest BCUT2D eigenvalue weighted by atomic mass is 16.6. The Morgan fingerprint density at radius 1 is 0.878 bits per heavy atom. The van der Waals surface area contributed by atoms with Gasteiger partial charge in [-0.3, -0.25) is 0 Å². The molecule has 0 saturated carbocycles. The summed E-state index contributed by atoms with van der Waals surface area (Å²) in [5.74, 6) is 0. The number of rotatable bonds is 3. The van der Waals surface area contributed by atoms with E-state index in [9.17, 15) is 24.6 Å². The van der Waals surface area contributed by atoms with E-state index in [4.69, 9.17) is 19.9 Å². The number of hydrogen-bond acceptors (Lipinski definition) is 9. The lowest BCUT2D eigenvalue weighted by molar-refractivity contribution is -0.00482. The van der Waals surface area contributed by atoms with E-state index < -0.39 is 41.6 Å². The number of amides is 3. The monoisotopic (exact) mass is 582 g/mol. The Hall–Kier alpha value is -3.09. The molecule has 3 amide bonds. The van der Waals surface area contributed by atoms with Gasteiger partial charge in [-0.05, 0) is 59.9 Å². The van der Waals surface area contributed by atoms with Crippen molar-refractivity contribution in [1.82, 2.24) is 15.1 Å². The molecule has 0 aliphatic carbocycles. The SMILES string of the molecule is C.CC(C)(C)OC(=O)N1CC[C@@H](N)[C@H](O)C1.CC(C)(C)OC(=O)N1CC[C@@H](NC(=O)OCc2ccccc2)[C@H](O)C1. The number of aliphatic hydroxyl groups excluding tert-OH is 2. The first-order chi connectivity index (χ1) is 18.5. The van der Waals surface area contributed by atoms with Crippen molar-refractivity contribution in [2.24, 2.45) is 5.73 Å². The normalized spacial score (nSPS) is 22.8. The van der Waals surface area contributed by atoms with Crippen molar-refractivity contribution in [3.63, 3.8) is 0 Å². The van der Waals surface area contributed by atoms with Gasteiger partial charge in [0.1, 0.15) is 17.8 Å². The number of hydrogen-bond donors (Lipinski definition) is 4. The number of nitrogens with one attached hydrogen (secondary N) is 1. The minimum Gasteiger partial charge on any atom is -0.445 e. The molecule has 1 aromatic carbocycles. The van der Waals surface area contributed by atoms with Crippen LogP contribution in [0.1, 0.15) is 67.4 Å². The molecule has 5 N–H and O–H groups in total. The number of ether oxygens (including phenoxy) is 3. The Morgan fingerprint density at radius 2 is 1.37 bits per heavy atom. The summed E-state index contributed by atoms with van der Waals surface area (Å²) in [6.45, 7) is 12.3. The Labute approximate surface area is 244 Å². The maximum atomic E-state index is 12.0. The Bertz CT molecular complexity index is 964. The van der Waals surface area contributed by atoms with Gasteiger partial charge in [-0.15, -0.1) is 0 Å². The first kappa shape index (κ1) is 35.9. The molecule has 0 radical (unpaired) electrons. The fourth-order valence-electron chi connectivity index (χ4n) is 3.95. The van der Waals surface area contributed by atoms with Crippen molar-refractivity contribution >= 4 is 18.3 Å². The molecule has 4 atom stereocenters. The lowest BCUT2D eigenvalue weighted by Gasteiger charge is -2.36. The first-order valence-corrected chi connectivity index (χ1v) is 13.6. The first-order valence-electron chi connectivity index (χ1n) is 13.6. The minimum absolute atomic E-state index is 0. The van der Waals surface area contributed by atoms with Crippen molar-refractivity contribution in [2.45, 2.75) is 104 Å². The fraction of sp³-hybridized carbons (Fsp3) is 0.690. The summed E-state index contributed by atoms with van der Waals surface area (Å²) >= 11 is 0. The summed E-state index contributed by atoms with van der Waals surface area (Å²) in [5, 5.41) is 22.4. The van der Waals surface area contributed by atoms with Crippen LogP contribution in [0.2, 0.25) is 0 Å². The largest absolute Gasteiger partial charge is 0.445 e. The molecule has 0 aromatic heterocycles. The van der Waals surface area contributed by atoms with Crippen molar-refractivity contribution in [3.8, 4) is 0 Å². The summed E-state index contributed by atoms with van der Waals surface area (Å²) < 4.78 is 15.6. The molecule has 0 spiro atoms. The van der Waals surface area contributed by atoms with E-state index in [1.165, 1.54) is 9.80 Å². The molecule has 2 heterocycles. The molecule has 0 unspecified atom stereocenters. The molecule has 234 valence electrons. The van der Waals surface area contributed by atoms with Crippen LogP contribution >= 0.6 is 0 Å². The zero-order chi connectivity index (χ0) is 30.1. The van der Waals surface area contributed by atoms with Crippen molar-refractivity contribution < 1.29 is 38.8 Å². The van der Waals surface area contributed by atoms with Gasteiger partial charge in [0.15, 0.2) is 0 Å². The van der Waals surface area contributed by atoms with Crippen LogP contribution in [0.25, 0.3) is 0 Å². The van der Waals surface area contributed by atoms with Crippen molar-refractivity contribution in [2.75, 3.05) is 26.2 Å². The maximum Gasteiger partial charge on any atom is 0.410 e. The van der Waals surface area contributed by atoms with Crippen LogP contribution in [-0.4, -0.2) is 100.0 Å². The van der Waals surface area contributed by atoms with Gasteiger partial charge >= 0.3 is 18.3 Å². The summed E-state index contributed by atoms with van der Waals surface area (Å²) in [7, 11) is 0. The zero-order valence-corrected chi connectivity index (χ0v) is 24.5. The number of benzene rings is 1. The van der Waals surface area contributed by atoms with Gasteiger partial charge in [-0.2, -0.15) is 0 Å². The van der Waals surface area contributed by atoms with Crippen LogP contribution < -0.4 is 11.1 Å². The number of likely N-dealkylation sites (tertiary alicyclic amines) is 2. The van der Waals surface area contributed by atoms with Gasteiger partial charge in [0.2, 0.25) is 0 Å². The van der Waals surface area contributed by atoms with Crippen LogP contribution in [0.3, 0.4) is 0 Å². The third-order valence-electron chi connectivity index (χ3n) is 6.04. The lowest BCUT2D eigenvalue weighted by Crippen LogP contribution is -2.56. The van der Waals surface area contributed by atoms with Crippen LogP contribution in [0.5, 0.6) is 0 Å². The smallest absolute Gasteiger partial charge is 0.410 e. The third-order valence-corrected chi connectivity index (χ3v) is 6.04. The summed E-state index contributed by atoms with van der Waals surface area (Å²) in [6, 6.07) is 8.66. The molecule has 2 fully saturated rings. The standard InChI is InChI=1S/C18H26N2O5.C10H20N2O3.CH4/c1-18(2,3)25-17(23)20-10-9-14(15(21)11-20)19-16(22)24-12-13-7-5-4-6-8-13;1-10(2,3)15-9(14)12-5-4-7(11)8(13)6-12;/h4-8,14-15,21H,9-12H2,1-3H3,(H,19,22);7-8,13H,4-6,11H2,1-3H3;1H4/t14-,15-;7-,8-;/m11./s1. The maximum absolute atomic E-state index is 12.0. The van der Waals surface area contributed by atoms with Crippen LogP contribution in [-0.2, 0) is 20.8 Å². The number of alkyl carbamates (subject to hydrolysis) is 1. The highest BCUT2D eigenvalue weighted by Gasteiger charge is 2.34. The molecule has 1 aromatic rings. The Kier molecular flexibility index (Phi) is 13.8. The van der Waals surface area contributed by atoms with E-state index in [-0.39, 0.29) is 39.3 Å². The van der Waals surface area contributed by atoms with Gasteiger partial charge in [-0.25, -0.2) is 14.4 Å². The van der Waals surface area contributed by atoms with Gasteiger partial charge in [-0.1, -0.05) is 37.8 Å². The number of aliphatic hydroxyl groups is 2. The quantitative estimate of drug-likeness (QED) is 0.392. The summed E-state index contributed by atoms with van der Waals surface area (Å²) in [4.78, 5) is 38.5. The van der Waals surface area contributed by atoms with Crippen LogP contribution in [0.4, 0.5) is 14.4 Å². The molecule has 12 nitrogen and oxygen atoms in total. The number of carbonyl (C=O) groups is 3. The zero-order valence-electron chi connectivity index (χ0n) is 24.5. The molecule has 2 aliphatic heterocycles. The van der Waals surface area contributed by atoms with Gasteiger partial charge < -0.3 is 45.3 Å². The fourth-order valence-corrected chi connectivity index (χ4v) is 3.95. The molecule has 12 heteroatoms. The summed E-state index contributed by atoms with van der Waals surface area (Å²) in [5.41, 5.74) is 5.44. The number of nitrogens with two attached hydrogens (primary N) is 1. The highest BCUT2D eigenvalue weighted by molar-refractivity contribution is 5.69. The van der Waals surface area contributed by atoms with Gasteiger partial charge in [0, 0.05) is 19.1 Å². The number of piperidine rings is 2. The Balaban J connectivity index is 0.000000451. The summed E-state index contributed by atoms with van der Waals surface area (Å²) in [6.07, 6.45) is -1.90. The molecule has 2 saturated heterocycles. The van der Waals surface area contributed by atoms with E-state index >= 15 is 0 Å². The second kappa shape index (κ2) is 15.8. The van der Waals surface area contributed by atoms with E-state index in [2.05, 4.69) is 5.32 Å². The van der Waals surface area contributed by atoms with Crippen LogP contribution in [0.15, 0.2) is 30.3 Å². The molecular weight excluding hydrogens is 532 g/mol. The van der Waals surface area contributed by atoms with E-state index in [0.717, 1.165) is 5.56 Å². The molecule has 41 heavy (non-hydrogen) atoms. The second-order valence-electron chi connectivity index (χ2n) is 12.0. The topological polar surface area (TPSA) is 164 Å². The molecule has 2 aliphatic rings. The van der Waals surface area contributed by atoms with Crippen molar-refractivity contribution in [1.29, 1.82) is 0 Å². The number of β-amino-alcohol motifs (C(OH)–C–C–N with tert-alkyl or cyclic N) is 2. The predicted octanol–water partition coefficient (Wildman–Crippen LogP) is 3.23. The second-order valence-corrected chi connectivity index (χ2v) is 12.0. The predicted molar refractivity (Wildman–Crippen MR) is 155 cm³/mol. The number of carbonyl (C=O) groups excluding carboxylic acids is 3. The van der Waals surface area contributed by atoms with Gasteiger partial charge in [0.25, 0.3) is 0 Å².